The van der Waals surface area contributed by atoms with Gasteiger partial charge in [-0.25, -0.2) is 17.6 Å². The van der Waals surface area contributed by atoms with Gasteiger partial charge in [0, 0.05) is 0 Å². The molecule has 4 nitrogen and oxygen atoms in total. The average Bonchev–Trinajstić information content (AvgIpc) is 2.38. The van der Waals surface area contributed by atoms with Crippen LogP contribution in [-0.4, -0.2) is 19.5 Å². The monoisotopic (exact) mass is 294 g/mol. The summed E-state index contributed by atoms with van der Waals surface area (Å²) in [5, 5.41) is 8.75. The number of aromatic carboxylic acids is 1. The number of rotatable bonds is 4. The van der Waals surface area contributed by atoms with Crippen molar-refractivity contribution in [2.24, 2.45) is 0 Å². The lowest BCUT2D eigenvalue weighted by molar-refractivity contribution is 0.0696. The van der Waals surface area contributed by atoms with Crippen molar-refractivity contribution in [2.45, 2.75) is 10.6 Å². The van der Waals surface area contributed by atoms with E-state index in [9.17, 15) is 17.6 Å². The van der Waals surface area contributed by atoms with Gasteiger partial charge < -0.3 is 5.11 Å². The Morgan fingerprint density at radius 1 is 1.10 bits per heavy atom. The fourth-order valence-corrected chi connectivity index (χ4v) is 3.07. The molecule has 0 aromatic heterocycles. The fraction of sp³-hybridized carbons (Fsp3) is 0.0714. The van der Waals surface area contributed by atoms with Gasteiger partial charge in [0.15, 0.2) is 9.84 Å². The van der Waals surface area contributed by atoms with Gasteiger partial charge in [0.25, 0.3) is 0 Å². The summed E-state index contributed by atoms with van der Waals surface area (Å²) < 4.78 is 37.3. The van der Waals surface area contributed by atoms with Crippen LogP contribution in [0.3, 0.4) is 0 Å². The quantitative estimate of drug-likeness (QED) is 0.940. The van der Waals surface area contributed by atoms with Crippen LogP contribution in [0.4, 0.5) is 4.39 Å². The first-order chi connectivity index (χ1) is 9.38. The second-order valence-corrected chi connectivity index (χ2v) is 6.21. The lowest BCUT2D eigenvalue weighted by Gasteiger charge is -2.05. The van der Waals surface area contributed by atoms with Gasteiger partial charge >= 0.3 is 5.97 Å². The molecule has 104 valence electrons. The lowest BCUT2D eigenvalue weighted by Crippen LogP contribution is -2.06. The molecule has 20 heavy (non-hydrogen) atoms. The minimum Gasteiger partial charge on any atom is -0.478 e. The van der Waals surface area contributed by atoms with E-state index in [1.165, 1.54) is 42.5 Å². The molecule has 0 unspecified atom stereocenters. The Hall–Kier alpha value is -2.21. The molecule has 0 heterocycles. The van der Waals surface area contributed by atoms with Crippen molar-refractivity contribution in [1.29, 1.82) is 0 Å². The summed E-state index contributed by atoms with van der Waals surface area (Å²) in [7, 11) is -3.63. The van der Waals surface area contributed by atoms with Crippen LogP contribution in [0.15, 0.2) is 53.4 Å². The van der Waals surface area contributed by atoms with Gasteiger partial charge in [-0.2, -0.15) is 0 Å². The summed E-state index contributed by atoms with van der Waals surface area (Å²) in [5.74, 6) is -1.96. The van der Waals surface area contributed by atoms with E-state index < -0.39 is 21.6 Å². The predicted octanol–water partition coefficient (Wildman–Crippen LogP) is 2.50. The molecule has 0 amide bonds. The van der Waals surface area contributed by atoms with Gasteiger partial charge in [0.1, 0.15) is 5.82 Å². The molecule has 0 saturated heterocycles. The second-order valence-electron chi connectivity index (χ2n) is 4.22. The molecule has 0 fully saturated rings. The molecular weight excluding hydrogens is 283 g/mol. The normalized spacial score (nSPS) is 11.2. The van der Waals surface area contributed by atoms with Crippen molar-refractivity contribution in [1.82, 2.24) is 0 Å². The summed E-state index contributed by atoms with van der Waals surface area (Å²) in [4.78, 5) is 10.7. The van der Waals surface area contributed by atoms with Gasteiger partial charge in [0.2, 0.25) is 0 Å². The van der Waals surface area contributed by atoms with Gasteiger partial charge in [-0.05, 0) is 42.0 Å². The molecule has 0 bridgehead atoms. The molecule has 0 aliphatic rings. The Labute approximate surface area is 115 Å². The Morgan fingerprint density at radius 2 is 1.75 bits per heavy atom. The molecule has 2 aromatic rings. The number of hydrogen-bond donors (Lipinski definition) is 1. The van der Waals surface area contributed by atoms with Crippen LogP contribution in [0.2, 0.25) is 0 Å². The fourth-order valence-electron chi connectivity index (χ4n) is 1.73. The largest absolute Gasteiger partial charge is 0.478 e. The molecule has 0 saturated carbocycles. The Balaban J connectivity index is 2.28. The number of carboxylic acids is 1. The van der Waals surface area contributed by atoms with Gasteiger partial charge in [-0.3, -0.25) is 0 Å². The van der Waals surface area contributed by atoms with Crippen LogP contribution < -0.4 is 0 Å². The first-order valence-electron chi connectivity index (χ1n) is 5.69. The summed E-state index contributed by atoms with van der Waals surface area (Å²) in [6.07, 6.45) is 0. The Morgan fingerprint density at radius 3 is 2.30 bits per heavy atom. The molecule has 0 atom stereocenters. The Kier molecular flexibility index (Phi) is 3.85. The van der Waals surface area contributed by atoms with Crippen molar-refractivity contribution in [3.63, 3.8) is 0 Å². The van der Waals surface area contributed by atoms with Crippen molar-refractivity contribution in [3.8, 4) is 0 Å². The first kappa shape index (κ1) is 14.2. The van der Waals surface area contributed by atoms with E-state index in [1.54, 1.807) is 0 Å². The number of sulfone groups is 1. The molecule has 0 radical (unpaired) electrons. The van der Waals surface area contributed by atoms with Crippen LogP contribution >= 0.6 is 0 Å². The van der Waals surface area contributed by atoms with E-state index in [0.717, 1.165) is 6.07 Å². The highest BCUT2D eigenvalue weighted by Gasteiger charge is 2.16. The van der Waals surface area contributed by atoms with E-state index in [-0.39, 0.29) is 16.2 Å². The number of carboxylic acid groups (broad SMARTS) is 1. The molecule has 0 aliphatic heterocycles. The lowest BCUT2D eigenvalue weighted by atomic mass is 10.2. The molecule has 0 aliphatic carbocycles. The number of carbonyl (C=O) groups is 1. The van der Waals surface area contributed by atoms with Crippen molar-refractivity contribution in [2.75, 3.05) is 0 Å². The molecule has 1 N–H and O–H groups in total. The number of halogens is 1. The zero-order valence-electron chi connectivity index (χ0n) is 10.3. The standard InChI is InChI=1S/C14H11FO4S/c15-12-3-1-2-10(8-12)9-20(18,19)13-6-4-11(5-7-13)14(16)17/h1-8H,9H2,(H,16,17). The zero-order valence-corrected chi connectivity index (χ0v) is 11.1. The second kappa shape index (κ2) is 5.42. The highest BCUT2D eigenvalue weighted by molar-refractivity contribution is 7.90. The molecule has 0 spiro atoms. The maximum absolute atomic E-state index is 13.0. The number of hydrogen-bond acceptors (Lipinski definition) is 3. The molecule has 2 aromatic carbocycles. The van der Waals surface area contributed by atoms with Crippen LogP contribution in [0.5, 0.6) is 0 Å². The molecular formula is C14H11FO4S. The van der Waals surface area contributed by atoms with Crippen molar-refractivity contribution in [3.05, 3.63) is 65.5 Å². The highest BCUT2D eigenvalue weighted by atomic mass is 32.2. The van der Waals surface area contributed by atoms with Gasteiger partial charge in [-0.15, -0.1) is 0 Å². The van der Waals surface area contributed by atoms with E-state index in [1.807, 2.05) is 0 Å². The summed E-state index contributed by atoms with van der Waals surface area (Å²) >= 11 is 0. The van der Waals surface area contributed by atoms with E-state index in [0.29, 0.717) is 5.56 Å². The summed E-state index contributed by atoms with van der Waals surface area (Å²) in [6.45, 7) is 0. The maximum atomic E-state index is 13.0. The van der Waals surface area contributed by atoms with Crippen LogP contribution in [0.25, 0.3) is 0 Å². The predicted molar refractivity (Wildman–Crippen MR) is 70.7 cm³/mol. The molecule has 6 heteroatoms. The molecule has 2 rings (SSSR count). The van der Waals surface area contributed by atoms with Gasteiger partial charge in [0.05, 0.1) is 16.2 Å². The Bertz CT molecular complexity index is 736. The third-order valence-corrected chi connectivity index (χ3v) is 4.41. The minimum absolute atomic E-state index is 0.00626. The summed E-state index contributed by atoms with van der Waals surface area (Å²) in [6, 6.07) is 10.3. The first-order valence-corrected chi connectivity index (χ1v) is 7.34. The van der Waals surface area contributed by atoms with Crippen molar-refractivity contribution >= 4 is 15.8 Å². The van der Waals surface area contributed by atoms with Crippen LogP contribution in [0.1, 0.15) is 15.9 Å². The highest BCUT2D eigenvalue weighted by Crippen LogP contribution is 2.17. The maximum Gasteiger partial charge on any atom is 0.335 e. The topological polar surface area (TPSA) is 71.4 Å². The average molecular weight is 294 g/mol. The summed E-state index contributed by atoms with van der Waals surface area (Å²) in [5.41, 5.74) is 0.349. The minimum atomic E-state index is -3.63. The smallest absolute Gasteiger partial charge is 0.335 e. The van der Waals surface area contributed by atoms with Gasteiger partial charge in [-0.1, -0.05) is 12.1 Å². The van der Waals surface area contributed by atoms with Crippen LogP contribution in [-0.2, 0) is 15.6 Å². The van der Waals surface area contributed by atoms with Crippen molar-refractivity contribution < 1.29 is 22.7 Å². The number of benzene rings is 2. The van der Waals surface area contributed by atoms with Crippen LogP contribution in [0, 0.1) is 5.82 Å². The third-order valence-electron chi connectivity index (χ3n) is 2.71. The van der Waals surface area contributed by atoms with E-state index >= 15 is 0 Å². The zero-order chi connectivity index (χ0) is 14.8. The third kappa shape index (κ3) is 3.21. The SMILES string of the molecule is O=C(O)c1ccc(S(=O)(=O)Cc2cccc(F)c2)cc1. The van der Waals surface area contributed by atoms with E-state index in [2.05, 4.69) is 0 Å². The van der Waals surface area contributed by atoms with E-state index in [4.69, 9.17) is 5.11 Å².